The van der Waals surface area contributed by atoms with Crippen LogP contribution in [0.1, 0.15) is 11.1 Å². The Morgan fingerprint density at radius 3 is 2.73 bits per heavy atom. The molecule has 1 aliphatic rings. The topological polar surface area (TPSA) is 70.6 Å². The Morgan fingerprint density at radius 1 is 1.18 bits per heavy atom. The van der Waals surface area contributed by atoms with Crippen molar-refractivity contribution in [2.24, 2.45) is 4.99 Å². The van der Waals surface area contributed by atoms with E-state index < -0.39 is 10.0 Å². The van der Waals surface area contributed by atoms with Crippen molar-refractivity contribution in [3.05, 3.63) is 59.4 Å². The first-order valence-corrected chi connectivity index (χ1v) is 8.12. The number of hydrogen-bond acceptors (Lipinski definition) is 3. The zero-order valence-corrected chi connectivity index (χ0v) is 12.6. The molecule has 22 heavy (non-hydrogen) atoms. The van der Waals surface area contributed by atoms with Gasteiger partial charge in [-0.1, -0.05) is 24.3 Å². The van der Waals surface area contributed by atoms with Crippen molar-refractivity contribution in [1.82, 2.24) is 4.72 Å². The van der Waals surface area contributed by atoms with Gasteiger partial charge in [-0.15, -0.1) is 0 Å². The molecule has 0 aliphatic carbocycles. The van der Waals surface area contributed by atoms with Gasteiger partial charge in [0, 0.05) is 5.56 Å². The number of nitrogens with zero attached hydrogens (tertiary/aromatic N) is 1. The van der Waals surface area contributed by atoms with Gasteiger partial charge < -0.3 is 5.32 Å². The number of halogens is 1. The van der Waals surface area contributed by atoms with Crippen LogP contribution in [0.4, 0.5) is 10.1 Å². The highest BCUT2D eigenvalue weighted by Gasteiger charge is 2.26. The first kappa shape index (κ1) is 14.5. The SMILES string of the molecule is Cc1ccc2c(c1)S(=O)(=O)NC(=NCc1ccccc1F)N2. The van der Waals surface area contributed by atoms with E-state index in [1.165, 1.54) is 6.07 Å². The van der Waals surface area contributed by atoms with Gasteiger partial charge in [0.15, 0.2) is 0 Å². The maximum atomic E-state index is 13.6. The number of nitrogens with one attached hydrogen (secondary N) is 2. The van der Waals surface area contributed by atoms with Crippen LogP contribution in [0.15, 0.2) is 52.4 Å². The minimum Gasteiger partial charge on any atom is -0.324 e. The summed E-state index contributed by atoms with van der Waals surface area (Å²) in [6.07, 6.45) is 0. The Morgan fingerprint density at radius 2 is 1.95 bits per heavy atom. The molecule has 2 N–H and O–H groups in total. The van der Waals surface area contributed by atoms with Gasteiger partial charge in [-0.3, -0.25) is 0 Å². The highest BCUT2D eigenvalue weighted by molar-refractivity contribution is 7.90. The number of guanidine groups is 1. The van der Waals surface area contributed by atoms with Crippen LogP contribution in [0.25, 0.3) is 0 Å². The number of rotatable bonds is 2. The molecule has 7 heteroatoms. The normalized spacial score (nSPS) is 17.5. The lowest BCUT2D eigenvalue weighted by Crippen LogP contribution is -2.40. The van der Waals surface area contributed by atoms with Gasteiger partial charge in [-0.2, -0.15) is 0 Å². The molecule has 0 fully saturated rings. The molecule has 5 nitrogen and oxygen atoms in total. The second-order valence-electron chi connectivity index (χ2n) is 4.99. The zero-order valence-electron chi connectivity index (χ0n) is 11.8. The highest BCUT2D eigenvalue weighted by Crippen LogP contribution is 2.25. The second-order valence-corrected chi connectivity index (χ2v) is 6.64. The van der Waals surface area contributed by atoms with Crippen LogP contribution in [0.3, 0.4) is 0 Å². The summed E-state index contributed by atoms with van der Waals surface area (Å²) < 4.78 is 40.3. The van der Waals surface area contributed by atoms with Crippen molar-refractivity contribution in [1.29, 1.82) is 0 Å². The molecule has 0 spiro atoms. The fourth-order valence-electron chi connectivity index (χ4n) is 2.15. The lowest BCUT2D eigenvalue weighted by molar-refractivity contribution is 0.591. The highest BCUT2D eigenvalue weighted by atomic mass is 32.2. The summed E-state index contributed by atoms with van der Waals surface area (Å²) in [5.41, 5.74) is 1.69. The van der Waals surface area contributed by atoms with E-state index in [4.69, 9.17) is 0 Å². The van der Waals surface area contributed by atoms with E-state index in [1.54, 1.807) is 36.4 Å². The number of aryl methyl sites for hydroxylation is 1. The van der Waals surface area contributed by atoms with Crippen LogP contribution < -0.4 is 10.0 Å². The van der Waals surface area contributed by atoms with Crippen molar-refractivity contribution in [3.63, 3.8) is 0 Å². The summed E-state index contributed by atoms with van der Waals surface area (Å²) in [6, 6.07) is 11.3. The molecule has 0 bridgehead atoms. The van der Waals surface area contributed by atoms with Crippen molar-refractivity contribution in [2.45, 2.75) is 18.4 Å². The summed E-state index contributed by atoms with van der Waals surface area (Å²) in [5, 5.41) is 2.91. The average Bonchev–Trinajstić information content (AvgIpc) is 2.47. The summed E-state index contributed by atoms with van der Waals surface area (Å²) in [5.74, 6) is -0.291. The number of sulfonamides is 1. The van der Waals surface area contributed by atoms with Crippen molar-refractivity contribution in [3.8, 4) is 0 Å². The minimum atomic E-state index is -3.67. The number of anilines is 1. The molecule has 0 amide bonds. The molecule has 1 aliphatic heterocycles. The van der Waals surface area contributed by atoms with Crippen molar-refractivity contribution < 1.29 is 12.8 Å². The van der Waals surface area contributed by atoms with E-state index in [2.05, 4.69) is 15.0 Å². The Labute approximate surface area is 127 Å². The van der Waals surface area contributed by atoms with Gasteiger partial charge in [0.05, 0.1) is 12.2 Å². The molecule has 0 saturated heterocycles. The molecular weight excluding hydrogens is 305 g/mol. The predicted octanol–water partition coefficient (Wildman–Crippen LogP) is 2.39. The lowest BCUT2D eigenvalue weighted by Gasteiger charge is -2.21. The molecule has 2 aromatic rings. The molecule has 3 rings (SSSR count). The standard InChI is InChI=1S/C15H14FN3O2S/c1-10-6-7-13-14(8-10)22(20,21)19-15(18-13)17-9-11-4-2-3-5-12(11)16/h2-8H,9H2,1H3,(H2,17,18,19). The van der Waals surface area contributed by atoms with Gasteiger partial charge in [-0.25, -0.2) is 22.5 Å². The van der Waals surface area contributed by atoms with E-state index >= 15 is 0 Å². The third-order valence-electron chi connectivity index (χ3n) is 3.28. The zero-order chi connectivity index (χ0) is 15.7. The number of aliphatic imine (C=N–C) groups is 1. The van der Waals surface area contributed by atoms with Crippen LogP contribution in [-0.4, -0.2) is 14.4 Å². The Kier molecular flexibility index (Phi) is 3.58. The molecule has 114 valence electrons. The second kappa shape index (κ2) is 5.42. The Hall–Kier alpha value is -2.41. The van der Waals surface area contributed by atoms with E-state index in [9.17, 15) is 12.8 Å². The molecule has 0 unspecified atom stereocenters. The van der Waals surface area contributed by atoms with Crippen molar-refractivity contribution in [2.75, 3.05) is 5.32 Å². The first-order chi connectivity index (χ1) is 10.5. The summed E-state index contributed by atoms with van der Waals surface area (Å²) in [7, 11) is -3.67. The Bertz CT molecular complexity index is 863. The molecule has 0 aromatic heterocycles. The van der Waals surface area contributed by atoms with Gasteiger partial charge in [0.2, 0.25) is 5.96 Å². The third kappa shape index (κ3) is 2.80. The Balaban J connectivity index is 1.91. The summed E-state index contributed by atoms with van der Waals surface area (Å²) in [6.45, 7) is 1.86. The third-order valence-corrected chi connectivity index (χ3v) is 4.65. The predicted molar refractivity (Wildman–Crippen MR) is 82.7 cm³/mol. The fourth-order valence-corrected chi connectivity index (χ4v) is 3.38. The van der Waals surface area contributed by atoms with E-state index in [-0.39, 0.29) is 23.2 Å². The molecule has 0 saturated carbocycles. The molecular formula is C15H14FN3O2S. The number of benzene rings is 2. The van der Waals surface area contributed by atoms with Crippen LogP contribution in [-0.2, 0) is 16.6 Å². The van der Waals surface area contributed by atoms with Crippen LogP contribution in [0.2, 0.25) is 0 Å². The molecule has 1 heterocycles. The maximum absolute atomic E-state index is 13.6. The molecule has 2 aromatic carbocycles. The average molecular weight is 319 g/mol. The quantitative estimate of drug-likeness (QED) is 0.893. The first-order valence-electron chi connectivity index (χ1n) is 6.64. The monoisotopic (exact) mass is 319 g/mol. The van der Waals surface area contributed by atoms with Crippen LogP contribution >= 0.6 is 0 Å². The van der Waals surface area contributed by atoms with Crippen molar-refractivity contribution >= 4 is 21.7 Å². The van der Waals surface area contributed by atoms with Gasteiger partial charge in [0.1, 0.15) is 10.7 Å². The molecule has 0 atom stereocenters. The smallest absolute Gasteiger partial charge is 0.266 e. The van der Waals surface area contributed by atoms with E-state index in [0.29, 0.717) is 11.3 Å². The van der Waals surface area contributed by atoms with Crippen LogP contribution in [0.5, 0.6) is 0 Å². The van der Waals surface area contributed by atoms with Gasteiger partial charge in [-0.05, 0) is 30.7 Å². The largest absolute Gasteiger partial charge is 0.324 e. The maximum Gasteiger partial charge on any atom is 0.266 e. The van der Waals surface area contributed by atoms with E-state index in [0.717, 1.165) is 5.56 Å². The summed E-state index contributed by atoms with van der Waals surface area (Å²) in [4.78, 5) is 4.28. The fraction of sp³-hybridized carbons (Fsp3) is 0.133. The number of fused-ring (bicyclic) bond motifs is 1. The van der Waals surface area contributed by atoms with Gasteiger partial charge >= 0.3 is 0 Å². The summed E-state index contributed by atoms with van der Waals surface area (Å²) >= 11 is 0. The minimum absolute atomic E-state index is 0.0404. The molecule has 0 radical (unpaired) electrons. The number of hydrogen-bond donors (Lipinski definition) is 2. The van der Waals surface area contributed by atoms with Crippen LogP contribution in [0, 0.1) is 12.7 Å². The van der Waals surface area contributed by atoms with E-state index in [1.807, 2.05) is 6.92 Å². The van der Waals surface area contributed by atoms with Gasteiger partial charge in [0.25, 0.3) is 10.0 Å². The lowest BCUT2D eigenvalue weighted by atomic mass is 10.2.